The molecule has 0 radical (unpaired) electrons. The van der Waals surface area contributed by atoms with Crippen LogP contribution in [0.1, 0.15) is 19.2 Å². The molecule has 6 heteroatoms. The van der Waals surface area contributed by atoms with Gasteiger partial charge in [0, 0.05) is 18.7 Å². The molecule has 0 N–H and O–H groups in total. The number of benzene rings is 1. The predicted molar refractivity (Wildman–Crippen MR) is 84.6 cm³/mol. The molecule has 1 aromatic heterocycles. The first-order valence-electron chi connectivity index (χ1n) is 6.98. The van der Waals surface area contributed by atoms with E-state index in [1.165, 1.54) is 0 Å². The highest BCUT2D eigenvalue weighted by Crippen LogP contribution is 2.12. The molecule has 1 aromatic carbocycles. The van der Waals surface area contributed by atoms with Crippen molar-refractivity contribution in [2.24, 2.45) is 0 Å². The van der Waals surface area contributed by atoms with E-state index >= 15 is 0 Å². The van der Waals surface area contributed by atoms with Gasteiger partial charge in [0.2, 0.25) is 4.77 Å². The van der Waals surface area contributed by atoms with Crippen molar-refractivity contribution in [3.05, 3.63) is 40.9 Å². The Hall–Kier alpha value is -1.97. The van der Waals surface area contributed by atoms with Crippen molar-refractivity contribution in [1.82, 2.24) is 19.2 Å². The molecule has 0 atom stereocenters. The third-order valence-corrected chi connectivity index (χ3v) is 3.73. The zero-order valence-electron chi connectivity index (χ0n) is 12.4. The van der Waals surface area contributed by atoms with Crippen LogP contribution in [0.25, 0.3) is 5.69 Å². The molecule has 0 fully saturated rings. The number of hydrogen-bond donors (Lipinski definition) is 0. The Morgan fingerprint density at radius 2 is 2.05 bits per heavy atom. The molecule has 110 valence electrons. The van der Waals surface area contributed by atoms with E-state index in [1.807, 2.05) is 46.5 Å². The maximum atomic E-state index is 8.70. The van der Waals surface area contributed by atoms with Crippen LogP contribution in [0.2, 0.25) is 0 Å². The number of aryl methyl sites for hydroxylation is 1. The Kier molecular flexibility index (Phi) is 5.26. The van der Waals surface area contributed by atoms with Crippen LogP contribution < -0.4 is 0 Å². The van der Waals surface area contributed by atoms with Gasteiger partial charge < -0.3 is 0 Å². The minimum Gasteiger partial charge on any atom is -0.284 e. The van der Waals surface area contributed by atoms with E-state index in [0.29, 0.717) is 17.9 Å². The van der Waals surface area contributed by atoms with Gasteiger partial charge in [-0.2, -0.15) is 10.4 Å². The molecule has 1 heterocycles. The highest BCUT2D eigenvalue weighted by molar-refractivity contribution is 7.71. The largest absolute Gasteiger partial charge is 0.284 e. The molecule has 2 aromatic rings. The monoisotopic (exact) mass is 301 g/mol. The molecule has 0 bridgehead atoms. The molecular formula is C15H19N5S. The molecule has 21 heavy (non-hydrogen) atoms. The van der Waals surface area contributed by atoms with Gasteiger partial charge in [-0.15, -0.1) is 0 Å². The Balaban J connectivity index is 2.28. The van der Waals surface area contributed by atoms with E-state index in [9.17, 15) is 0 Å². The summed E-state index contributed by atoms with van der Waals surface area (Å²) in [4.78, 5) is 2.15. The summed E-state index contributed by atoms with van der Waals surface area (Å²) in [5.41, 5.74) is 1.02. The lowest BCUT2D eigenvalue weighted by Crippen LogP contribution is -2.28. The van der Waals surface area contributed by atoms with Crippen LogP contribution in [0.4, 0.5) is 0 Å². The van der Waals surface area contributed by atoms with Crippen LogP contribution in [0.3, 0.4) is 0 Å². The number of rotatable bonds is 6. The van der Waals surface area contributed by atoms with Gasteiger partial charge in [-0.1, -0.05) is 25.1 Å². The lowest BCUT2D eigenvalue weighted by atomic mass is 10.3. The topological polar surface area (TPSA) is 49.8 Å². The minimum absolute atomic E-state index is 0.513. The lowest BCUT2D eigenvalue weighted by molar-refractivity contribution is 0.220. The Morgan fingerprint density at radius 1 is 1.33 bits per heavy atom. The summed E-state index contributed by atoms with van der Waals surface area (Å²) in [7, 11) is 0. The van der Waals surface area contributed by atoms with E-state index in [4.69, 9.17) is 17.5 Å². The first-order chi connectivity index (χ1) is 10.2. The predicted octanol–water partition coefficient (Wildman–Crippen LogP) is 2.90. The van der Waals surface area contributed by atoms with Crippen molar-refractivity contribution < 1.29 is 0 Å². The number of hydrogen-bond acceptors (Lipinski definition) is 4. The zero-order valence-corrected chi connectivity index (χ0v) is 13.2. The van der Waals surface area contributed by atoms with Gasteiger partial charge in [0.05, 0.1) is 12.7 Å². The minimum atomic E-state index is 0.513. The van der Waals surface area contributed by atoms with Crippen LogP contribution in [0.15, 0.2) is 30.3 Å². The smallest absolute Gasteiger partial charge is 0.203 e. The average molecular weight is 301 g/mol. The molecular weight excluding hydrogens is 282 g/mol. The fraction of sp³-hybridized carbons (Fsp3) is 0.400. The summed E-state index contributed by atoms with van der Waals surface area (Å²) in [6.07, 6.45) is 0.513. The molecule has 0 aliphatic heterocycles. The number of para-hydroxylation sites is 1. The Bertz CT molecular complexity index is 680. The average Bonchev–Trinajstić information content (AvgIpc) is 2.78. The van der Waals surface area contributed by atoms with Gasteiger partial charge >= 0.3 is 0 Å². The molecule has 0 aliphatic rings. The van der Waals surface area contributed by atoms with Crippen molar-refractivity contribution in [3.8, 4) is 11.8 Å². The Labute approximate surface area is 130 Å². The molecule has 5 nitrogen and oxygen atoms in total. The van der Waals surface area contributed by atoms with Gasteiger partial charge in [-0.05, 0) is 37.8 Å². The van der Waals surface area contributed by atoms with Gasteiger partial charge in [-0.3, -0.25) is 9.47 Å². The van der Waals surface area contributed by atoms with E-state index in [0.717, 1.165) is 24.6 Å². The number of nitrogens with zero attached hydrogens (tertiary/aromatic N) is 5. The second-order valence-electron chi connectivity index (χ2n) is 4.76. The van der Waals surface area contributed by atoms with Crippen molar-refractivity contribution in [2.75, 3.05) is 13.1 Å². The van der Waals surface area contributed by atoms with Crippen LogP contribution >= 0.6 is 12.2 Å². The van der Waals surface area contributed by atoms with E-state index < -0.39 is 0 Å². The first-order valence-corrected chi connectivity index (χ1v) is 7.39. The summed E-state index contributed by atoms with van der Waals surface area (Å²) < 4.78 is 4.46. The molecule has 0 saturated heterocycles. The summed E-state index contributed by atoms with van der Waals surface area (Å²) >= 11 is 5.55. The lowest BCUT2D eigenvalue weighted by Gasteiger charge is -2.18. The van der Waals surface area contributed by atoms with E-state index in [1.54, 1.807) is 0 Å². The van der Waals surface area contributed by atoms with Crippen LogP contribution in [-0.2, 0) is 6.67 Å². The second-order valence-corrected chi connectivity index (χ2v) is 5.13. The molecule has 2 rings (SSSR count). The van der Waals surface area contributed by atoms with Gasteiger partial charge in [0.25, 0.3) is 0 Å². The summed E-state index contributed by atoms with van der Waals surface area (Å²) in [5, 5.41) is 13.2. The van der Waals surface area contributed by atoms with Crippen LogP contribution in [0, 0.1) is 23.0 Å². The number of nitriles is 1. The SMILES string of the molecule is CCN(CCC#N)Cn1nc(C)n(-c2ccccc2)c1=S. The fourth-order valence-electron chi connectivity index (χ4n) is 2.21. The van der Waals surface area contributed by atoms with Gasteiger partial charge in [0.15, 0.2) is 0 Å². The van der Waals surface area contributed by atoms with Crippen molar-refractivity contribution in [1.29, 1.82) is 5.26 Å². The number of aromatic nitrogens is 3. The highest BCUT2D eigenvalue weighted by atomic mass is 32.1. The van der Waals surface area contributed by atoms with Crippen LogP contribution in [-0.4, -0.2) is 32.3 Å². The maximum absolute atomic E-state index is 8.70. The fourth-order valence-corrected chi connectivity index (χ4v) is 2.54. The molecule has 0 spiro atoms. The van der Waals surface area contributed by atoms with Crippen LogP contribution in [0.5, 0.6) is 0 Å². The molecule has 0 aliphatic carbocycles. The summed E-state index contributed by atoms with van der Waals surface area (Å²) in [6.45, 7) is 6.22. The maximum Gasteiger partial charge on any atom is 0.203 e. The third-order valence-electron chi connectivity index (χ3n) is 3.34. The van der Waals surface area contributed by atoms with Crippen molar-refractivity contribution in [3.63, 3.8) is 0 Å². The third kappa shape index (κ3) is 3.57. The van der Waals surface area contributed by atoms with Gasteiger partial charge in [-0.25, -0.2) is 4.68 Å². The van der Waals surface area contributed by atoms with E-state index in [-0.39, 0.29) is 0 Å². The molecule has 0 saturated carbocycles. The first kappa shape index (κ1) is 15.4. The molecule has 0 amide bonds. The normalized spacial score (nSPS) is 10.8. The van der Waals surface area contributed by atoms with Gasteiger partial charge in [0.1, 0.15) is 5.82 Å². The second kappa shape index (κ2) is 7.16. The van der Waals surface area contributed by atoms with Crippen molar-refractivity contribution in [2.45, 2.75) is 26.9 Å². The van der Waals surface area contributed by atoms with E-state index in [2.05, 4.69) is 23.0 Å². The van der Waals surface area contributed by atoms with Crippen molar-refractivity contribution >= 4 is 12.2 Å². The quantitative estimate of drug-likeness (QED) is 0.770. The zero-order chi connectivity index (χ0) is 15.2. The summed E-state index contributed by atoms with van der Waals surface area (Å²) in [5.74, 6) is 0.863. The Morgan fingerprint density at radius 3 is 2.67 bits per heavy atom. The highest BCUT2D eigenvalue weighted by Gasteiger charge is 2.11. The standard InChI is InChI=1S/C15H19N5S/c1-3-18(11-7-10-16)12-19-15(21)20(13(2)17-19)14-8-5-4-6-9-14/h4-6,8-9H,3,7,11-12H2,1-2H3. The molecule has 0 unspecified atom stereocenters. The summed E-state index contributed by atoms with van der Waals surface area (Å²) in [6, 6.07) is 12.2.